The van der Waals surface area contributed by atoms with E-state index in [0.29, 0.717) is 6.61 Å². The Kier molecular flexibility index (Phi) is 5.27. The van der Waals surface area contributed by atoms with E-state index in [9.17, 15) is 0 Å². The lowest BCUT2D eigenvalue weighted by Gasteiger charge is -2.32. The molecular formula is C23H32N5OS+. The molecule has 0 aliphatic carbocycles. The summed E-state index contributed by atoms with van der Waals surface area (Å²) in [5, 5.41) is 4.83. The maximum Gasteiger partial charge on any atom is 0.281 e. The number of anilines is 2. The van der Waals surface area contributed by atoms with E-state index >= 15 is 0 Å². The highest BCUT2D eigenvalue weighted by molar-refractivity contribution is 7.25. The molecule has 160 valence electrons. The van der Waals surface area contributed by atoms with Crippen LogP contribution in [0.2, 0.25) is 0 Å². The summed E-state index contributed by atoms with van der Waals surface area (Å²) < 4.78 is 7.40. The SMILES string of the molecule is CCCCCNc1ncnc2c1sc1[nH+]c(N3CCCC3)c3c(c12)CC(C)(C)OC3. The van der Waals surface area contributed by atoms with Crippen molar-refractivity contribution in [2.75, 3.05) is 29.9 Å². The number of pyridine rings is 1. The van der Waals surface area contributed by atoms with Gasteiger partial charge in [0.05, 0.1) is 41.8 Å². The third-order valence-corrected chi connectivity index (χ3v) is 7.46. The number of unbranched alkanes of at least 4 members (excludes halogenated alkanes) is 2. The Hall–Kier alpha value is -1.99. The highest BCUT2D eigenvalue weighted by atomic mass is 32.1. The molecule has 0 atom stereocenters. The summed E-state index contributed by atoms with van der Waals surface area (Å²) in [5.74, 6) is 2.22. The number of aromatic amines is 1. The molecule has 1 fully saturated rings. The van der Waals surface area contributed by atoms with Crippen LogP contribution < -0.4 is 15.2 Å². The predicted octanol–water partition coefficient (Wildman–Crippen LogP) is 4.71. The van der Waals surface area contributed by atoms with Gasteiger partial charge in [0.15, 0.2) is 4.83 Å². The number of H-pyrrole nitrogens is 1. The third kappa shape index (κ3) is 3.52. The Balaban J connectivity index is 1.66. The molecular weight excluding hydrogens is 394 g/mol. The zero-order valence-corrected chi connectivity index (χ0v) is 19.1. The first kappa shape index (κ1) is 19.9. The first-order chi connectivity index (χ1) is 14.6. The molecule has 0 saturated carbocycles. The lowest BCUT2D eigenvalue weighted by atomic mass is 9.90. The number of nitrogens with one attached hydrogen (secondary N) is 2. The molecule has 2 N–H and O–H groups in total. The molecule has 1 saturated heterocycles. The predicted molar refractivity (Wildman–Crippen MR) is 124 cm³/mol. The average molecular weight is 427 g/mol. The smallest absolute Gasteiger partial charge is 0.281 e. The van der Waals surface area contributed by atoms with Gasteiger partial charge < -0.3 is 10.1 Å². The van der Waals surface area contributed by atoms with Crippen molar-refractivity contribution < 1.29 is 9.72 Å². The Bertz CT molecular complexity index is 1070. The van der Waals surface area contributed by atoms with Gasteiger partial charge in [-0.25, -0.2) is 15.0 Å². The fourth-order valence-electron chi connectivity index (χ4n) is 4.77. The minimum atomic E-state index is -0.161. The van der Waals surface area contributed by atoms with Crippen molar-refractivity contribution in [2.45, 2.75) is 71.5 Å². The monoisotopic (exact) mass is 426 g/mol. The van der Waals surface area contributed by atoms with E-state index in [1.165, 1.54) is 59.3 Å². The van der Waals surface area contributed by atoms with E-state index in [0.717, 1.165) is 42.1 Å². The molecule has 6 nitrogen and oxygen atoms in total. The highest BCUT2D eigenvalue weighted by Gasteiger charge is 2.36. The quantitative estimate of drug-likeness (QED) is 0.578. The number of rotatable bonds is 6. The van der Waals surface area contributed by atoms with E-state index in [1.807, 2.05) is 0 Å². The Morgan fingerprint density at radius 3 is 2.83 bits per heavy atom. The van der Waals surface area contributed by atoms with E-state index < -0.39 is 0 Å². The van der Waals surface area contributed by atoms with Gasteiger partial charge in [-0.2, -0.15) is 0 Å². The van der Waals surface area contributed by atoms with Gasteiger partial charge >= 0.3 is 0 Å². The van der Waals surface area contributed by atoms with Gasteiger partial charge in [-0.05, 0) is 38.7 Å². The molecule has 2 aliphatic heterocycles. The second-order valence-corrected chi connectivity index (χ2v) is 10.2. The minimum Gasteiger partial charge on any atom is -0.370 e. The normalized spacial score (nSPS) is 18.3. The van der Waals surface area contributed by atoms with Crippen LogP contribution in [-0.2, 0) is 17.8 Å². The largest absolute Gasteiger partial charge is 0.370 e. The molecule has 2 aliphatic rings. The summed E-state index contributed by atoms with van der Waals surface area (Å²) in [6.45, 7) is 10.5. The zero-order valence-electron chi connectivity index (χ0n) is 18.3. The molecule has 5 heterocycles. The maximum absolute atomic E-state index is 6.24. The second-order valence-electron chi connectivity index (χ2n) is 9.19. The summed E-state index contributed by atoms with van der Waals surface area (Å²) in [4.78, 5) is 16.8. The molecule has 0 amide bonds. The second kappa shape index (κ2) is 7.93. The number of nitrogens with zero attached hydrogens (tertiary/aromatic N) is 3. The van der Waals surface area contributed by atoms with Gasteiger partial charge in [0.1, 0.15) is 16.8 Å². The van der Waals surface area contributed by atoms with Gasteiger partial charge in [0.25, 0.3) is 5.82 Å². The van der Waals surface area contributed by atoms with Gasteiger partial charge in [-0.3, -0.25) is 4.90 Å². The Morgan fingerprint density at radius 1 is 1.20 bits per heavy atom. The molecule has 7 heteroatoms. The van der Waals surface area contributed by atoms with Crippen molar-refractivity contribution in [3.63, 3.8) is 0 Å². The van der Waals surface area contributed by atoms with E-state index in [4.69, 9.17) is 9.72 Å². The highest BCUT2D eigenvalue weighted by Crippen LogP contribution is 2.42. The molecule has 5 rings (SSSR count). The zero-order chi connectivity index (χ0) is 20.7. The summed E-state index contributed by atoms with van der Waals surface area (Å²) in [6, 6.07) is 0. The molecule has 0 spiro atoms. The van der Waals surface area contributed by atoms with Gasteiger partial charge in [-0.1, -0.05) is 31.1 Å². The third-order valence-electron chi connectivity index (χ3n) is 6.36. The van der Waals surface area contributed by atoms with Crippen LogP contribution in [-0.4, -0.2) is 35.2 Å². The molecule has 0 unspecified atom stereocenters. The number of thiophene rings is 1. The fraction of sp³-hybridized carbons (Fsp3) is 0.609. The lowest BCUT2D eigenvalue weighted by Crippen LogP contribution is -2.36. The number of ether oxygens (including phenoxy) is 1. The van der Waals surface area contributed by atoms with Crippen molar-refractivity contribution in [1.82, 2.24) is 9.97 Å². The molecule has 0 bridgehead atoms. The Labute approximate surface area is 182 Å². The van der Waals surface area contributed by atoms with Crippen LogP contribution >= 0.6 is 11.3 Å². The van der Waals surface area contributed by atoms with Gasteiger partial charge in [0.2, 0.25) is 0 Å². The molecule has 3 aromatic heterocycles. The standard InChI is InChI=1S/C23H31N5OS/c1-4-5-6-9-24-20-19-18(25-14-26-20)17-15-12-23(2,3)29-13-16(15)21(27-22(17)30-19)28-10-7-8-11-28/h14H,4-13H2,1-3H3,(H,24,25,26)/p+1. The van der Waals surface area contributed by atoms with Crippen LogP contribution in [0.5, 0.6) is 0 Å². The van der Waals surface area contributed by atoms with Crippen molar-refractivity contribution in [3.8, 4) is 0 Å². The van der Waals surface area contributed by atoms with Crippen molar-refractivity contribution in [2.24, 2.45) is 0 Å². The van der Waals surface area contributed by atoms with Crippen LogP contribution in [0, 0.1) is 0 Å². The first-order valence-electron chi connectivity index (χ1n) is 11.3. The topological polar surface area (TPSA) is 64.4 Å². The molecule has 0 aromatic carbocycles. The number of hydrogen-bond donors (Lipinski definition) is 1. The van der Waals surface area contributed by atoms with Gasteiger partial charge in [0, 0.05) is 13.0 Å². The maximum atomic E-state index is 6.24. The summed E-state index contributed by atoms with van der Waals surface area (Å²) >= 11 is 1.79. The number of hydrogen-bond acceptors (Lipinski definition) is 6. The van der Waals surface area contributed by atoms with Crippen molar-refractivity contribution >= 4 is 43.4 Å². The van der Waals surface area contributed by atoms with Crippen LogP contribution in [0.3, 0.4) is 0 Å². The first-order valence-corrected chi connectivity index (χ1v) is 12.2. The molecule has 30 heavy (non-hydrogen) atoms. The molecule has 3 aromatic rings. The lowest BCUT2D eigenvalue weighted by molar-refractivity contribution is -0.328. The van der Waals surface area contributed by atoms with Crippen LogP contribution in [0.15, 0.2) is 6.33 Å². The Morgan fingerprint density at radius 2 is 2.03 bits per heavy atom. The summed E-state index contributed by atoms with van der Waals surface area (Å²) in [6.07, 6.45) is 8.77. The number of fused-ring (bicyclic) bond motifs is 5. The van der Waals surface area contributed by atoms with Crippen LogP contribution in [0.25, 0.3) is 20.4 Å². The van der Waals surface area contributed by atoms with Crippen molar-refractivity contribution in [3.05, 3.63) is 17.5 Å². The minimum absolute atomic E-state index is 0.161. The van der Waals surface area contributed by atoms with Crippen molar-refractivity contribution in [1.29, 1.82) is 0 Å². The van der Waals surface area contributed by atoms with Gasteiger partial charge in [-0.15, -0.1) is 0 Å². The van der Waals surface area contributed by atoms with E-state index in [2.05, 4.69) is 41.0 Å². The summed E-state index contributed by atoms with van der Waals surface area (Å²) in [7, 11) is 0. The van der Waals surface area contributed by atoms with Crippen LogP contribution in [0.4, 0.5) is 11.6 Å². The van der Waals surface area contributed by atoms with E-state index in [-0.39, 0.29) is 5.60 Å². The molecule has 0 radical (unpaired) electrons. The number of aromatic nitrogens is 3. The van der Waals surface area contributed by atoms with Crippen LogP contribution in [0.1, 0.15) is 64.0 Å². The fourth-order valence-corrected chi connectivity index (χ4v) is 5.91. The average Bonchev–Trinajstić information content (AvgIpc) is 3.38. The summed E-state index contributed by atoms with van der Waals surface area (Å²) in [5.41, 5.74) is 3.64. The van der Waals surface area contributed by atoms with E-state index in [1.54, 1.807) is 17.7 Å².